The Labute approximate surface area is 158 Å². The molecule has 0 atom stereocenters. The van der Waals surface area contributed by atoms with Gasteiger partial charge in [-0.15, -0.1) is 22.0 Å². The summed E-state index contributed by atoms with van der Waals surface area (Å²) in [5.74, 6) is 6.04. The lowest BCUT2D eigenvalue weighted by atomic mass is 10.2. The van der Waals surface area contributed by atoms with Crippen LogP contribution in [0, 0.1) is 5.82 Å². The third-order valence-corrected chi connectivity index (χ3v) is 5.22. The van der Waals surface area contributed by atoms with Gasteiger partial charge in [-0.2, -0.15) is 0 Å². The van der Waals surface area contributed by atoms with Crippen LogP contribution in [0.3, 0.4) is 0 Å². The van der Waals surface area contributed by atoms with Crippen LogP contribution >= 0.6 is 23.5 Å². The van der Waals surface area contributed by atoms with E-state index in [-0.39, 0.29) is 17.5 Å². The minimum Gasteiger partial charge on any atom is -0.335 e. The van der Waals surface area contributed by atoms with Gasteiger partial charge in [-0.25, -0.2) is 9.07 Å². The van der Waals surface area contributed by atoms with Crippen molar-refractivity contribution in [2.24, 2.45) is 0 Å². The van der Waals surface area contributed by atoms with Gasteiger partial charge in [-0.3, -0.25) is 4.79 Å². The zero-order valence-electron chi connectivity index (χ0n) is 13.8. The average Bonchev–Trinajstić information content (AvgIpc) is 3.02. The Morgan fingerprint density at radius 2 is 1.92 bits per heavy atom. The van der Waals surface area contributed by atoms with E-state index < -0.39 is 0 Å². The van der Waals surface area contributed by atoms with Crippen molar-refractivity contribution in [1.82, 2.24) is 14.9 Å². The molecule has 0 saturated heterocycles. The number of carbonyl (C=O) groups excluding carboxylic acids is 1. The van der Waals surface area contributed by atoms with Crippen LogP contribution < -0.4 is 11.2 Å². The first-order chi connectivity index (χ1) is 12.6. The lowest BCUT2D eigenvalue weighted by Gasteiger charge is -2.09. The lowest BCUT2D eigenvalue weighted by molar-refractivity contribution is -0.113. The first kappa shape index (κ1) is 18.3. The van der Waals surface area contributed by atoms with E-state index in [4.69, 9.17) is 5.84 Å². The number of aromatic nitrogens is 3. The molecule has 1 amide bonds. The fourth-order valence-corrected chi connectivity index (χ4v) is 3.45. The summed E-state index contributed by atoms with van der Waals surface area (Å²) in [5, 5.41) is 11.3. The Morgan fingerprint density at radius 1 is 1.19 bits per heavy atom. The predicted molar refractivity (Wildman–Crippen MR) is 103 cm³/mol. The molecule has 6 nitrogen and oxygen atoms in total. The highest BCUT2D eigenvalue weighted by Crippen LogP contribution is 2.25. The van der Waals surface area contributed by atoms with E-state index in [1.54, 1.807) is 23.9 Å². The number of hydrogen-bond donors (Lipinski definition) is 2. The third-order valence-electron chi connectivity index (χ3n) is 3.48. The number of anilines is 1. The number of nitrogen functional groups attached to an aromatic ring is 1. The van der Waals surface area contributed by atoms with E-state index >= 15 is 0 Å². The normalized spacial score (nSPS) is 10.7. The molecule has 0 bridgehead atoms. The Hall–Kier alpha value is -2.52. The molecule has 0 aliphatic rings. The molecule has 0 fully saturated rings. The van der Waals surface area contributed by atoms with Crippen LogP contribution in [-0.4, -0.2) is 32.8 Å². The Balaban J connectivity index is 1.65. The van der Waals surface area contributed by atoms with Crippen molar-refractivity contribution in [2.45, 2.75) is 10.1 Å². The maximum absolute atomic E-state index is 13.0. The molecule has 0 unspecified atom stereocenters. The SMILES string of the molecule is CSc1ccccc1NC(=O)CSc1nnc(-c2ccc(F)cc2)n1N. The van der Waals surface area contributed by atoms with E-state index in [2.05, 4.69) is 15.5 Å². The second-order valence-corrected chi connectivity index (χ2v) is 7.01. The summed E-state index contributed by atoms with van der Waals surface area (Å²) in [6.07, 6.45) is 1.95. The summed E-state index contributed by atoms with van der Waals surface area (Å²) in [6.45, 7) is 0. The van der Waals surface area contributed by atoms with Crippen LogP contribution in [0.4, 0.5) is 10.1 Å². The van der Waals surface area contributed by atoms with Crippen LogP contribution in [-0.2, 0) is 4.79 Å². The molecule has 26 heavy (non-hydrogen) atoms. The van der Waals surface area contributed by atoms with E-state index in [1.165, 1.54) is 28.6 Å². The topological polar surface area (TPSA) is 85.8 Å². The van der Waals surface area contributed by atoms with Gasteiger partial charge in [0, 0.05) is 10.5 Å². The van der Waals surface area contributed by atoms with Crippen molar-refractivity contribution in [2.75, 3.05) is 23.2 Å². The number of carbonyl (C=O) groups is 1. The summed E-state index contributed by atoms with van der Waals surface area (Å²) in [6, 6.07) is 13.4. The van der Waals surface area contributed by atoms with Gasteiger partial charge in [0.15, 0.2) is 5.82 Å². The summed E-state index contributed by atoms with van der Waals surface area (Å²) < 4.78 is 14.3. The van der Waals surface area contributed by atoms with Crippen LogP contribution in [0.15, 0.2) is 58.6 Å². The maximum atomic E-state index is 13.0. The summed E-state index contributed by atoms with van der Waals surface area (Å²) in [4.78, 5) is 13.2. The molecule has 0 aliphatic carbocycles. The zero-order valence-corrected chi connectivity index (χ0v) is 15.5. The maximum Gasteiger partial charge on any atom is 0.234 e. The highest BCUT2D eigenvalue weighted by molar-refractivity contribution is 7.99. The van der Waals surface area contributed by atoms with Gasteiger partial charge in [-0.1, -0.05) is 23.9 Å². The number of thioether (sulfide) groups is 2. The number of rotatable bonds is 6. The number of halogens is 1. The monoisotopic (exact) mass is 389 g/mol. The smallest absolute Gasteiger partial charge is 0.234 e. The van der Waals surface area contributed by atoms with Gasteiger partial charge in [0.2, 0.25) is 11.1 Å². The molecule has 134 valence electrons. The fourth-order valence-electron chi connectivity index (χ4n) is 2.24. The van der Waals surface area contributed by atoms with Gasteiger partial charge < -0.3 is 11.2 Å². The molecule has 0 radical (unpaired) electrons. The average molecular weight is 389 g/mol. The molecule has 2 aromatic carbocycles. The van der Waals surface area contributed by atoms with Crippen LogP contribution in [0.25, 0.3) is 11.4 Å². The van der Waals surface area contributed by atoms with Crippen molar-refractivity contribution >= 4 is 35.1 Å². The van der Waals surface area contributed by atoms with Gasteiger partial charge >= 0.3 is 0 Å². The Kier molecular flexibility index (Phi) is 5.79. The summed E-state index contributed by atoms with van der Waals surface area (Å²) in [5.41, 5.74) is 1.42. The molecule has 3 aromatic rings. The minimum atomic E-state index is -0.339. The number of amides is 1. The van der Waals surface area contributed by atoms with Crippen molar-refractivity contribution in [3.05, 3.63) is 54.3 Å². The summed E-state index contributed by atoms with van der Waals surface area (Å²) in [7, 11) is 0. The number of para-hydroxylation sites is 1. The molecule has 9 heteroatoms. The van der Waals surface area contributed by atoms with Gasteiger partial charge in [0.1, 0.15) is 5.82 Å². The van der Waals surface area contributed by atoms with Crippen LogP contribution in [0.5, 0.6) is 0 Å². The number of nitrogens with one attached hydrogen (secondary N) is 1. The van der Waals surface area contributed by atoms with Crippen molar-refractivity contribution in [3.8, 4) is 11.4 Å². The molecule has 3 N–H and O–H groups in total. The van der Waals surface area contributed by atoms with E-state index in [1.807, 2.05) is 30.5 Å². The van der Waals surface area contributed by atoms with Crippen molar-refractivity contribution < 1.29 is 9.18 Å². The Morgan fingerprint density at radius 3 is 2.65 bits per heavy atom. The first-order valence-corrected chi connectivity index (χ1v) is 9.81. The van der Waals surface area contributed by atoms with E-state index in [0.29, 0.717) is 16.5 Å². The largest absolute Gasteiger partial charge is 0.335 e. The molecule has 1 heterocycles. The zero-order chi connectivity index (χ0) is 18.5. The molecule has 3 rings (SSSR count). The quantitative estimate of drug-likeness (QED) is 0.497. The summed E-state index contributed by atoms with van der Waals surface area (Å²) >= 11 is 2.74. The minimum absolute atomic E-state index is 0.140. The number of hydrogen-bond acceptors (Lipinski definition) is 6. The van der Waals surface area contributed by atoms with Gasteiger partial charge in [-0.05, 0) is 42.7 Å². The van der Waals surface area contributed by atoms with Crippen molar-refractivity contribution in [1.29, 1.82) is 0 Å². The van der Waals surface area contributed by atoms with Gasteiger partial charge in [0.05, 0.1) is 11.4 Å². The molecular formula is C17H16FN5OS2. The first-order valence-electron chi connectivity index (χ1n) is 7.60. The Bertz CT molecular complexity index is 914. The fraction of sp³-hybridized carbons (Fsp3) is 0.118. The molecule has 1 aromatic heterocycles. The van der Waals surface area contributed by atoms with E-state index in [9.17, 15) is 9.18 Å². The number of benzene rings is 2. The third kappa shape index (κ3) is 4.17. The molecular weight excluding hydrogens is 373 g/mol. The van der Waals surface area contributed by atoms with Crippen LogP contribution in [0.1, 0.15) is 0 Å². The highest BCUT2D eigenvalue weighted by Gasteiger charge is 2.14. The standard InChI is InChI=1S/C17H16FN5OS2/c1-25-14-5-3-2-4-13(14)20-15(24)10-26-17-22-21-16(23(17)19)11-6-8-12(18)9-7-11/h2-9H,10,19H2,1H3,(H,20,24). The highest BCUT2D eigenvalue weighted by atomic mass is 32.2. The van der Waals surface area contributed by atoms with Crippen molar-refractivity contribution in [3.63, 3.8) is 0 Å². The van der Waals surface area contributed by atoms with Gasteiger partial charge in [0.25, 0.3) is 0 Å². The second-order valence-electron chi connectivity index (χ2n) is 5.22. The lowest BCUT2D eigenvalue weighted by Crippen LogP contribution is -2.16. The molecule has 0 saturated carbocycles. The number of nitrogens with two attached hydrogens (primary N) is 1. The predicted octanol–water partition coefficient (Wildman–Crippen LogP) is 3.25. The second kappa shape index (κ2) is 8.24. The molecule has 0 spiro atoms. The van der Waals surface area contributed by atoms with E-state index in [0.717, 1.165) is 10.6 Å². The van der Waals surface area contributed by atoms with Crippen LogP contribution in [0.2, 0.25) is 0 Å². The number of nitrogens with zero attached hydrogens (tertiary/aromatic N) is 3. The molecule has 0 aliphatic heterocycles.